The monoisotopic (exact) mass is 250 g/mol. The highest BCUT2D eigenvalue weighted by atomic mass is 32.1. The molecule has 0 spiro atoms. The van der Waals surface area contributed by atoms with Crippen LogP contribution in [0.5, 0.6) is 0 Å². The van der Waals surface area contributed by atoms with Gasteiger partial charge in [-0.3, -0.25) is 4.90 Å². The zero-order valence-corrected chi connectivity index (χ0v) is 11.3. The number of nitrogens with two attached hydrogens (primary N) is 1. The van der Waals surface area contributed by atoms with Crippen LogP contribution in [0.4, 0.5) is 0 Å². The molecule has 0 amide bonds. The average molecular weight is 250 g/mol. The fraction of sp³-hybridized carbons (Fsp3) is 0.714. The number of rotatable bonds is 2. The molecule has 1 aromatic heterocycles. The number of hydrogen-bond acceptors (Lipinski definition) is 3. The van der Waals surface area contributed by atoms with E-state index in [0.717, 1.165) is 11.8 Å². The maximum atomic E-state index is 6.28. The average Bonchev–Trinajstić information content (AvgIpc) is 2.98. The van der Waals surface area contributed by atoms with Crippen LogP contribution in [0.3, 0.4) is 0 Å². The molecule has 94 valence electrons. The Hall–Kier alpha value is -0.380. The van der Waals surface area contributed by atoms with Crippen molar-refractivity contribution in [2.24, 2.45) is 17.6 Å². The molecule has 1 aliphatic heterocycles. The van der Waals surface area contributed by atoms with E-state index < -0.39 is 0 Å². The van der Waals surface area contributed by atoms with Gasteiger partial charge in [0.15, 0.2) is 0 Å². The van der Waals surface area contributed by atoms with Gasteiger partial charge in [0.25, 0.3) is 0 Å². The van der Waals surface area contributed by atoms with E-state index >= 15 is 0 Å². The second kappa shape index (κ2) is 4.71. The fourth-order valence-corrected chi connectivity index (χ4v) is 4.39. The van der Waals surface area contributed by atoms with Crippen LogP contribution in [0.15, 0.2) is 17.5 Å². The summed E-state index contributed by atoms with van der Waals surface area (Å²) >= 11 is 1.88. The zero-order chi connectivity index (χ0) is 11.8. The maximum Gasteiger partial charge on any atom is 0.0413 e. The van der Waals surface area contributed by atoms with Crippen LogP contribution in [0.25, 0.3) is 0 Å². The summed E-state index contributed by atoms with van der Waals surface area (Å²) in [6.45, 7) is 4.82. The molecule has 2 N–H and O–H groups in total. The van der Waals surface area contributed by atoms with Crippen LogP contribution in [-0.2, 0) is 0 Å². The largest absolute Gasteiger partial charge is 0.327 e. The Morgan fingerprint density at radius 1 is 1.41 bits per heavy atom. The van der Waals surface area contributed by atoms with Gasteiger partial charge in [0, 0.05) is 30.1 Å². The highest BCUT2D eigenvalue weighted by molar-refractivity contribution is 7.10. The van der Waals surface area contributed by atoms with Crippen molar-refractivity contribution in [3.8, 4) is 0 Å². The van der Waals surface area contributed by atoms with E-state index in [1.807, 2.05) is 11.3 Å². The second-order valence-electron chi connectivity index (χ2n) is 5.66. The summed E-state index contributed by atoms with van der Waals surface area (Å²) in [4.78, 5) is 4.14. The van der Waals surface area contributed by atoms with Gasteiger partial charge in [0.05, 0.1) is 0 Å². The van der Waals surface area contributed by atoms with Crippen molar-refractivity contribution in [3.05, 3.63) is 22.4 Å². The van der Waals surface area contributed by atoms with E-state index in [9.17, 15) is 0 Å². The van der Waals surface area contributed by atoms with Crippen molar-refractivity contribution in [2.75, 3.05) is 13.1 Å². The van der Waals surface area contributed by atoms with Gasteiger partial charge in [-0.15, -0.1) is 11.3 Å². The molecule has 4 unspecified atom stereocenters. The minimum Gasteiger partial charge on any atom is -0.327 e. The molecule has 2 nitrogen and oxygen atoms in total. The molecule has 1 saturated heterocycles. The zero-order valence-electron chi connectivity index (χ0n) is 10.5. The van der Waals surface area contributed by atoms with E-state index in [0.29, 0.717) is 12.1 Å². The summed E-state index contributed by atoms with van der Waals surface area (Å²) in [5, 5.41) is 2.18. The molecule has 1 aromatic rings. The fourth-order valence-electron chi connectivity index (χ4n) is 3.58. The summed E-state index contributed by atoms with van der Waals surface area (Å²) in [5.74, 6) is 1.62. The topological polar surface area (TPSA) is 29.3 Å². The molecular weight excluding hydrogens is 228 g/mol. The first-order valence-electron chi connectivity index (χ1n) is 6.78. The first-order valence-corrected chi connectivity index (χ1v) is 7.66. The Kier molecular flexibility index (Phi) is 3.24. The lowest BCUT2D eigenvalue weighted by atomic mass is 9.78. The molecule has 3 rings (SSSR count). The molecule has 0 bridgehead atoms. The first-order chi connectivity index (χ1) is 8.25. The molecule has 1 saturated carbocycles. The summed E-state index contributed by atoms with van der Waals surface area (Å²) < 4.78 is 0. The predicted octanol–water partition coefficient (Wildman–Crippen LogP) is 2.87. The van der Waals surface area contributed by atoms with Gasteiger partial charge in [-0.2, -0.15) is 0 Å². The summed E-state index contributed by atoms with van der Waals surface area (Å²) in [5.41, 5.74) is 6.28. The van der Waals surface area contributed by atoms with Gasteiger partial charge in [-0.1, -0.05) is 12.5 Å². The molecule has 2 aliphatic rings. The molecule has 0 aromatic carbocycles. The van der Waals surface area contributed by atoms with Gasteiger partial charge < -0.3 is 5.73 Å². The third-order valence-electron chi connectivity index (χ3n) is 4.68. The Morgan fingerprint density at radius 3 is 3.00 bits per heavy atom. The molecule has 3 heteroatoms. The smallest absolute Gasteiger partial charge is 0.0413 e. The molecule has 1 aliphatic carbocycles. The van der Waals surface area contributed by atoms with Crippen LogP contribution in [0.1, 0.15) is 37.1 Å². The van der Waals surface area contributed by atoms with Gasteiger partial charge in [-0.25, -0.2) is 0 Å². The van der Waals surface area contributed by atoms with Crippen molar-refractivity contribution in [3.63, 3.8) is 0 Å². The summed E-state index contributed by atoms with van der Waals surface area (Å²) in [6, 6.07) is 5.45. The van der Waals surface area contributed by atoms with Crippen molar-refractivity contribution < 1.29 is 0 Å². The summed E-state index contributed by atoms with van der Waals surface area (Å²) in [6.07, 6.45) is 3.97. The lowest BCUT2D eigenvalue weighted by molar-refractivity contribution is 0.247. The standard InChI is InChI=1S/C14H22N2S/c1-10(14-6-3-7-17-14)16-8-11-4-2-5-13(15)12(11)9-16/h3,6-7,10-13H,2,4-5,8-9,15H2,1H3. The SMILES string of the molecule is CC(c1cccs1)N1CC2CCCC(N)C2C1. The van der Waals surface area contributed by atoms with E-state index in [4.69, 9.17) is 5.73 Å². The van der Waals surface area contributed by atoms with Crippen molar-refractivity contribution in [1.82, 2.24) is 4.90 Å². The van der Waals surface area contributed by atoms with Gasteiger partial charge in [0.2, 0.25) is 0 Å². The number of fused-ring (bicyclic) bond motifs is 1. The minimum atomic E-state index is 0.453. The van der Waals surface area contributed by atoms with Crippen LogP contribution >= 0.6 is 11.3 Å². The van der Waals surface area contributed by atoms with Crippen molar-refractivity contribution in [1.29, 1.82) is 0 Å². The van der Waals surface area contributed by atoms with E-state index in [-0.39, 0.29) is 0 Å². The molecule has 0 radical (unpaired) electrons. The van der Waals surface area contributed by atoms with Crippen molar-refractivity contribution in [2.45, 2.75) is 38.3 Å². The highest BCUT2D eigenvalue weighted by Gasteiger charge is 2.40. The lowest BCUT2D eigenvalue weighted by Gasteiger charge is -2.30. The van der Waals surface area contributed by atoms with E-state index in [1.165, 1.54) is 37.2 Å². The molecule has 2 heterocycles. The highest BCUT2D eigenvalue weighted by Crippen LogP contribution is 2.39. The number of hydrogen-bond donors (Lipinski definition) is 1. The van der Waals surface area contributed by atoms with E-state index in [2.05, 4.69) is 29.3 Å². The van der Waals surface area contributed by atoms with Gasteiger partial charge in [0.1, 0.15) is 0 Å². The summed E-state index contributed by atoms with van der Waals surface area (Å²) in [7, 11) is 0. The van der Waals surface area contributed by atoms with Crippen molar-refractivity contribution >= 4 is 11.3 Å². The van der Waals surface area contributed by atoms with Gasteiger partial charge >= 0.3 is 0 Å². The Labute approximate surface area is 108 Å². The normalized spacial score (nSPS) is 35.8. The van der Waals surface area contributed by atoms with Crippen LogP contribution in [0, 0.1) is 11.8 Å². The minimum absolute atomic E-state index is 0.453. The third-order valence-corrected chi connectivity index (χ3v) is 5.73. The van der Waals surface area contributed by atoms with Gasteiger partial charge in [-0.05, 0) is 43.0 Å². The van der Waals surface area contributed by atoms with Crippen LogP contribution in [-0.4, -0.2) is 24.0 Å². The molecule has 4 atom stereocenters. The number of nitrogens with zero attached hydrogens (tertiary/aromatic N) is 1. The van der Waals surface area contributed by atoms with E-state index in [1.54, 1.807) is 0 Å². The lowest BCUT2D eigenvalue weighted by Crippen LogP contribution is -2.38. The second-order valence-corrected chi connectivity index (χ2v) is 6.64. The molecule has 2 fully saturated rings. The predicted molar refractivity (Wildman–Crippen MR) is 73.1 cm³/mol. The number of thiophene rings is 1. The third kappa shape index (κ3) is 2.16. The van der Waals surface area contributed by atoms with Crippen LogP contribution in [0.2, 0.25) is 0 Å². The molecular formula is C14H22N2S. The molecule has 17 heavy (non-hydrogen) atoms. The Bertz CT molecular complexity index is 362. The quantitative estimate of drug-likeness (QED) is 0.874. The van der Waals surface area contributed by atoms with Crippen LogP contribution < -0.4 is 5.73 Å². The first kappa shape index (κ1) is 11.7. The Morgan fingerprint density at radius 2 is 2.29 bits per heavy atom. The Balaban J connectivity index is 1.70. The maximum absolute atomic E-state index is 6.28. The number of likely N-dealkylation sites (tertiary alicyclic amines) is 1.